The van der Waals surface area contributed by atoms with E-state index in [0.717, 1.165) is 16.3 Å². The molecule has 0 aliphatic carbocycles. The lowest BCUT2D eigenvalue weighted by atomic mass is 10.1. The molecule has 0 fully saturated rings. The summed E-state index contributed by atoms with van der Waals surface area (Å²) in [6, 6.07) is 7.91. The summed E-state index contributed by atoms with van der Waals surface area (Å²) in [4.78, 5) is 20.2. The summed E-state index contributed by atoms with van der Waals surface area (Å²) in [7, 11) is 1.30. The van der Waals surface area contributed by atoms with Gasteiger partial charge in [-0.05, 0) is 24.1 Å². The van der Waals surface area contributed by atoms with Crippen LogP contribution in [0, 0.1) is 0 Å². The number of amides is 1. The number of anilines is 1. The first-order chi connectivity index (χ1) is 13.8. The molecule has 0 spiro atoms. The maximum absolute atomic E-state index is 12.7. The lowest BCUT2D eigenvalue weighted by Gasteiger charge is -2.07. The average Bonchev–Trinajstić information content (AvgIpc) is 3.05. The second-order valence-electron chi connectivity index (χ2n) is 5.98. The Bertz CT molecular complexity index is 1030. The molecule has 2 aromatic heterocycles. The number of allylic oxidation sites excluding steroid dienone is 1. The minimum Gasteiger partial charge on any atom is -0.419 e. The number of ether oxygens (including phenoxy) is 1. The fourth-order valence-corrected chi connectivity index (χ4v) is 2.38. The monoisotopic (exact) mass is 403 g/mol. The molecule has 29 heavy (non-hydrogen) atoms. The van der Waals surface area contributed by atoms with Crippen LogP contribution in [0.15, 0.2) is 55.4 Å². The molecule has 7 nitrogen and oxygen atoms in total. The second kappa shape index (κ2) is 8.13. The van der Waals surface area contributed by atoms with Crippen LogP contribution in [-0.2, 0) is 19.6 Å². The summed E-state index contributed by atoms with van der Waals surface area (Å²) in [5, 5.41) is 6.01. The molecule has 0 saturated carbocycles. The van der Waals surface area contributed by atoms with Crippen molar-refractivity contribution in [2.45, 2.75) is 12.6 Å². The smallest absolute Gasteiger partial charge is 0.419 e. The van der Waals surface area contributed by atoms with Crippen LogP contribution >= 0.6 is 0 Å². The molecule has 10 heteroatoms. The Hall–Kier alpha value is -3.69. The summed E-state index contributed by atoms with van der Waals surface area (Å²) >= 11 is 0. The lowest BCUT2D eigenvalue weighted by molar-refractivity contribution is -0.141. The van der Waals surface area contributed by atoms with Crippen molar-refractivity contribution in [2.24, 2.45) is 7.05 Å². The summed E-state index contributed by atoms with van der Waals surface area (Å²) in [5.74, 6) is -0.877. The van der Waals surface area contributed by atoms with Gasteiger partial charge in [-0.15, -0.1) is 6.58 Å². The SMILES string of the molecule is C=CCc1ccc(NC(=O)c2cncc(Oc3cc(C(F)(F)F)nn3C)n2)cc1. The first-order valence-electron chi connectivity index (χ1n) is 8.38. The van der Waals surface area contributed by atoms with Crippen LogP contribution in [0.5, 0.6) is 11.8 Å². The van der Waals surface area contributed by atoms with Crippen molar-refractivity contribution in [1.82, 2.24) is 19.7 Å². The van der Waals surface area contributed by atoms with Crippen molar-refractivity contribution in [3.05, 3.63) is 72.3 Å². The van der Waals surface area contributed by atoms with E-state index in [9.17, 15) is 18.0 Å². The van der Waals surface area contributed by atoms with E-state index >= 15 is 0 Å². The number of hydrogen-bond donors (Lipinski definition) is 1. The van der Waals surface area contributed by atoms with Crippen molar-refractivity contribution in [3.63, 3.8) is 0 Å². The maximum atomic E-state index is 12.7. The van der Waals surface area contributed by atoms with Crippen LogP contribution in [0.4, 0.5) is 18.9 Å². The molecular formula is C19H16F3N5O2. The van der Waals surface area contributed by atoms with E-state index in [0.29, 0.717) is 12.1 Å². The van der Waals surface area contributed by atoms with Gasteiger partial charge in [-0.3, -0.25) is 9.78 Å². The molecule has 0 saturated heterocycles. The van der Waals surface area contributed by atoms with Crippen LogP contribution in [0.2, 0.25) is 0 Å². The highest BCUT2D eigenvalue weighted by Gasteiger charge is 2.35. The van der Waals surface area contributed by atoms with Gasteiger partial charge in [0.1, 0.15) is 0 Å². The molecule has 0 unspecified atom stereocenters. The van der Waals surface area contributed by atoms with Crippen molar-refractivity contribution >= 4 is 11.6 Å². The molecule has 1 amide bonds. The van der Waals surface area contributed by atoms with Gasteiger partial charge in [-0.1, -0.05) is 18.2 Å². The van der Waals surface area contributed by atoms with Crippen molar-refractivity contribution in [2.75, 3.05) is 5.32 Å². The lowest BCUT2D eigenvalue weighted by Crippen LogP contribution is -2.14. The Morgan fingerprint density at radius 2 is 2.00 bits per heavy atom. The normalized spacial score (nSPS) is 11.2. The molecule has 0 atom stereocenters. The quantitative estimate of drug-likeness (QED) is 0.629. The third-order valence-electron chi connectivity index (χ3n) is 3.77. The Morgan fingerprint density at radius 3 is 2.62 bits per heavy atom. The minimum absolute atomic E-state index is 0.0594. The van der Waals surface area contributed by atoms with Gasteiger partial charge in [0.15, 0.2) is 11.4 Å². The number of benzene rings is 1. The molecule has 2 heterocycles. The summed E-state index contributed by atoms with van der Waals surface area (Å²) in [6.07, 6.45) is 0.283. The minimum atomic E-state index is -4.60. The third-order valence-corrected chi connectivity index (χ3v) is 3.77. The molecule has 3 rings (SSSR count). The number of hydrogen-bond acceptors (Lipinski definition) is 5. The molecular weight excluding hydrogens is 387 g/mol. The fraction of sp³-hybridized carbons (Fsp3) is 0.158. The molecule has 1 N–H and O–H groups in total. The van der Waals surface area contributed by atoms with Crippen molar-refractivity contribution < 1.29 is 22.7 Å². The predicted molar refractivity (Wildman–Crippen MR) is 98.6 cm³/mol. The van der Waals surface area contributed by atoms with E-state index in [4.69, 9.17) is 4.74 Å². The van der Waals surface area contributed by atoms with Crippen LogP contribution in [0.1, 0.15) is 21.7 Å². The summed E-state index contributed by atoms with van der Waals surface area (Å²) < 4.78 is 44.5. The number of alkyl halides is 3. The number of nitrogens with one attached hydrogen (secondary N) is 1. The first kappa shape index (κ1) is 20.1. The highest BCUT2D eigenvalue weighted by atomic mass is 19.4. The van der Waals surface area contributed by atoms with E-state index in [-0.39, 0.29) is 17.5 Å². The number of rotatable bonds is 6. The highest BCUT2D eigenvalue weighted by molar-refractivity contribution is 6.02. The van der Waals surface area contributed by atoms with Gasteiger partial charge in [0.25, 0.3) is 5.91 Å². The maximum Gasteiger partial charge on any atom is 0.435 e. The van der Waals surface area contributed by atoms with Crippen LogP contribution in [0.3, 0.4) is 0 Å². The number of halogens is 3. The average molecular weight is 403 g/mol. The van der Waals surface area contributed by atoms with E-state index in [1.807, 2.05) is 12.1 Å². The van der Waals surface area contributed by atoms with Crippen molar-refractivity contribution in [1.29, 1.82) is 0 Å². The Morgan fingerprint density at radius 1 is 1.28 bits per heavy atom. The molecule has 0 radical (unpaired) electrons. The van der Waals surface area contributed by atoms with Crippen LogP contribution in [0.25, 0.3) is 0 Å². The molecule has 1 aromatic carbocycles. The van der Waals surface area contributed by atoms with Gasteiger partial charge in [0.05, 0.1) is 12.4 Å². The van der Waals surface area contributed by atoms with Gasteiger partial charge in [-0.25, -0.2) is 9.67 Å². The van der Waals surface area contributed by atoms with E-state index in [1.54, 1.807) is 18.2 Å². The molecule has 3 aromatic rings. The standard InChI is InChI=1S/C19H16F3N5O2/c1-3-4-12-5-7-13(8-6-12)24-18(28)14-10-23-11-16(25-14)29-17-9-15(19(20,21)22)26-27(17)2/h3,5-11H,1,4H2,2H3,(H,24,28). The zero-order valence-corrected chi connectivity index (χ0v) is 15.3. The summed E-state index contributed by atoms with van der Waals surface area (Å²) in [6.45, 7) is 3.67. The highest BCUT2D eigenvalue weighted by Crippen LogP contribution is 2.31. The van der Waals surface area contributed by atoms with Crippen molar-refractivity contribution in [3.8, 4) is 11.8 Å². The molecule has 0 aliphatic heterocycles. The zero-order valence-electron chi connectivity index (χ0n) is 15.3. The molecule has 0 bridgehead atoms. The Labute approximate surface area is 163 Å². The van der Waals surface area contributed by atoms with E-state index in [2.05, 4.69) is 27.0 Å². The van der Waals surface area contributed by atoms with E-state index in [1.165, 1.54) is 19.4 Å². The fourth-order valence-electron chi connectivity index (χ4n) is 2.38. The largest absolute Gasteiger partial charge is 0.435 e. The topological polar surface area (TPSA) is 81.9 Å². The molecule has 150 valence electrons. The van der Waals surface area contributed by atoms with Gasteiger partial charge >= 0.3 is 6.18 Å². The second-order valence-corrected chi connectivity index (χ2v) is 5.98. The summed E-state index contributed by atoms with van der Waals surface area (Å²) in [5.41, 5.74) is 0.438. The molecule has 0 aliphatic rings. The van der Waals surface area contributed by atoms with Gasteiger partial charge in [-0.2, -0.15) is 18.3 Å². The van der Waals surface area contributed by atoms with E-state index < -0.39 is 17.8 Å². The number of nitrogens with zero attached hydrogens (tertiary/aromatic N) is 4. The van der Waals surface area contributed by atoms with Gasteiger partial charge in [0.2, 0.25) is 11.8 Å². The predicted octanol–water partition coefficient (Wildman–Crippen LogP) is 4.00. The number of carbonyl (C=O) groups is 1. The number of aryl methyl sites for hydroxylation is 1. The number of carbonyl (C=O) groups excluding carboxylic acids is 1. The van der Waals surface area contributed by atoms with Crippen LogP contribution < -0.4 is 10.1 Å². The Balaban J connectivity index is 1.73. The Kier molecular flexibility index (Phi) is 5.62. The zero-order chi connectivity index (χ0) is 21.0. The van der Waals surface area contributed by atoms with Crippen LogP contribution in [-0.4, -0.2) is 25.7 Å². The third kappa shape index (κ3) is 4.98. The first-order valence-corrected chi connectivity index (χ1v) is 8.38. The number of aromatic nitrogens is 4. The van der Waals surface area contributed by atoms with Gasteiger partial charge < -0.3 is 10.1 Å². The van der Waals surface area contributed by atoms with Gasteiger partial charge in [0, 0.05) is 18.8 Å².